The summed E-state index contributed by atoms with van der Waals surface area (Å²) < 4.78 is 0.871. The molecule has 0 spiro atoms. The van der Waals surface area contributed by atoms with Crippen LogP contribution in [0.5, 0.6) is 0 Å². The van der Waals surface area contributed by atoms with Crippen LogP contribution in [0.1, 0.15) is 16.8 Å². The fraction of sp³-hybridized carbons (Fsp3) is 0.214. The van der Waals surface area contributed by atoms with E-state index in [0.29, 0.717) is 0 Å². The molecule has 0 bridgehead atoms. The van der Waals surface area contributed by atoms with E-state index in [1.807, 2.05) is 19.1 Å². The summed E-state index contributed by atoms with van der Waals surface area (Å²) in [7, 11) is 0. The average Bonchev–Trinajstić information content (AvgIpc) is 2.28. The normalized spacial score (nSPS) is 10.3. The summed E-state index contributed by atoms with van der Waals surface area (Å²) in [6.07, 6.45) is 0. The minimum absolute atomic E-state index is 0.825. The van der Waals surface area contributed by atoms with Gasteiger partial charge in [0, 0.05) is 6.54 Å². The monoisotopic (exact) mass is 290 g/mol. The highest BCUT2D eigenvalue weighted by molar-refractivity contribution is 9.10. The van der Waals surface area contributed by atoms with Crippen molar-refractivity contribution in [2.24, 2.45) is 0 Å². The highest BCUT2D eigenvalue weighted by Gasteiger charge is 2.00. The van der Waals surface area contributed by atoms with Crippen LogP contribution in [-0.2, 0) is 6.54 Å². The zero-order valence-corrected chi connectivity index (χ0v) is 11.6. The number of nitrogens with one attached hydrogen (secondary N) is 1. The van der Waals surface area contributed by atoms with Gasteiger partial charge in [-0.2, -0.15) is 0 Å². The van der Waals surface area contributed by atoms with Crippen molar-refractivity contribution in [1.29, 1.82) is 0 Å². The lowest BCUT2D eigenvalue weighted by Gasteiger charge is -2.09. The van der Waals surface area contributed by atoms with E-state index in [2.05, 4.69) is 57.4 Å². The van der Waals surface area contributed by atoms with E-state index in [0.717, 1.165) is 22.5 Å². The van der Waals surface area contributed by atoms with Gasteiger partial charge in [-0.25, -0.2) is 4.98 Å². The van der Waals surface area contributed by atoms with E-state index in [9.17, 15) is 0 Å². The van der Waals surface area contributed by atoms with Gasteiger partial charge < -0.3 is 5.32 Å². The predicted octanol–water partition coefficient (Wildman–Crippen LogP) is 4.07. The van der Waals surface area contributed by atoms with Crippen LogP contribution >= 0.6 is 15.9 Å². The van der Waals surface area contributed by atoms with Crippen LogP contribution in [0.4, 0.5) is 5.69 Å². The molecule has 0 saturated heterocycles. The van der Waals surface area contributed by atoms with Crippen molar-refractivity contribution < 1.29 is 0 Å². The Labute approximate surface area is 110 Å². The third-order valence-corrected chi connectivity index (χ3v) is 3.06. The topological polar surface area (TPSA) is 24.9 Å². The number of benzene rings is 1. The quantitative estimate of drug-likeness (QED) is 0.862. The smallest absolute Gasteiger partial charge is 0.106 e. The number of hydrogen-bond donors (Lipinski definition) is 1. The van der Waals surface area contributed by atoms with E-state index in [4.69, 9.17) is 0 Å². The molecular weight excluding hydrogens is 276 g/mol. The molecule has 1 N–H and O–H groups in total. The second kappa shape index (κ2) is 5.32. The van der Waals surface area contributed by atoms with Crippen LogP contribution in [0.3, 0.4) is 0 Å². The molecule has 3 heteroatoms. The van der Waals surface area contributed by atoms with E-state index in [1.165, 1.54) is 11.1 Å². The highest BCUT2D eigenvalue weighted by atomic mass is 79.9. The number of anilines is 1. The molecule has 2 aromatic rings. The number of pyridine rings is 1. The number of aryl methyl sites for hydroxylation is 2. The second-order valence-electron chi connectivity index (χ2n) is 4.11. The van der Waals surface area contributed by atoms with Crippen LogP contribution in [0, 0.1) is 13.8 Å². The Balaban J connectivity index is 2.07. The Hall–Kier alpha value is -1.35. The van der Waals surface area contributed by atoms with Crippen molar-refractivity contribution in [2.45, 2.75) is 20.4 Å². The molecule has 0 aliphatic carbocycles. The summed E-state index contributed by atoms with van der Waals surface area (Å²) in [4.78, 5) is 4.36. The van der Waals surface area contributed by atoms with Gasteiger partial charge in [0.1, 0.15) is 4.60 Å². The summed E-state index contributed by atoms with van der Waals surface area (Å²) in [6.45, 7) is 4.94. The summed E-state index contributed by atoms with van der Waals surface area (Å²) in [5.41, 5.74) is 4.66. The Kier molecular flexibility index (Phi) is 3.79. The molecule has 1 aromatic heterocycles. The molecule has 88 valence electrons. The van der Waals surface area contributed by atoms with Crippen LogP contribution in [0.15, 0.2) is 41.0 Å². The first-order valence-corrected chi connectivity index (χ1v) is 6.37. The lowest BCUT2D eigenvalue weighted by atomic mass is 10.1. The molecule has 0 radical (unpaired) electrons. The predicted molar refractivity (Wildman–Crippen MR) is 75.2 cm³/mol. The first kappa shape index (κ1) is 12.1. The van der Waals surface area contributed by atoms with Crippen molar-refractivity contribution in [2.75, 3.05) is 5.32 Å². The maximum Gasteiger partial charge on any atom is 0.106 e. The standard InChI is InChI=1S/C14H15BrN2/c1-10-4-3-5-12(8-10)9-16-13-6-7-14(15)17-11(13)2/h3-8,16H,9H2,1-2H3. The molecule has 17 heavy (non-hydrogen) atoms. The first-order chi connectivity index (χ1) is 8.15. The van der Waals surface area contributed by atoms with E-state index in [1.54, 1.807) is 0 Å². The zero-order valence-electron chi connectivity index (χ0n) is 10.00. The number of nitrogens with zero attached hydrogens (tertiary/aromatic N) is 1. The lowest BCUT2D eigenvalue weighted by molar-refractivity contribution is 1.09. The molecule has 0 aliphatic rings. The molecule has 0 unspecified atom stereocenters. The average molecular weight is 291 g/mol. The SMILES string of the molecule is Cc1cccc(CNc2ccc(Br)nc2C)c1. The molecule has 0 aliphatic heterocycles. The van der Waals surface area contributed by atoms with Crippen molar-refractivity contribution in [3.8, 4) is 0 Å². The third kappa shape index (κ3) is 3.30. The Morgan fingerprint density at radius 2 is 2.00 bits per heavy atom. The molecule has 2 rings (SSSR count). The van der Waals surface area contributed by atoms with Gasteiger partial charge in [-0.3, -0.25) is 0 Å². The van der Waals surface area contributed by atoms with Gasteiger partial charge in [-0.1, -0.05) is 29.8 Å². The molecule has 2 nitrogen and oxygen atoms in total. The number of aromatic nitrogens is 1. The maximum absolute atomic E-state index is 4.36. The van der Waals surface area contributed by atoms with Crippen LogP contribution < -0.4 is 5.32 Å². The van der Waals surface area contributed by atoms with Crippen molar-refractivity contribution >= 4 is 21.6 Å². The first-order valence-electron chi connectivity index (χ1n) is 5.58. The van der Waals surface area contributed by atoms with Gasteiger partial charge >= 0.3 is 0 Å². The number of halogens is 1. The van der Waals surface area contributed by atoms with E-state index in [-0.39, 0.29) is 0 Å². The molecule has 0 saturated carbocycles. The van der Waals surface area contributed by atoms with Crippen molar-refractivity contribution in [3.05, 3.63) is 57.8 Å². The zero-order chi connectivity index (χ0) is 12.3. The van der Waals surface area contributed by atoms with Gasteiger partial charge in [0.25, 0.3) is 0 Å². The Morgan fingerprint density at radius 3 is 2.71 bits per heavy atom. The Bertz CT molecular complexity index is 523. The van der Waals surface area contributed by atoms with Gasteiger partial charge in [-0.05, 0) is 47.5 Å². The van der Waals surface area contributed by atoms with Crippen LogP contribution in [0.25, 0.3) is 0 Å². The second-order valence-corrected chi connectivity index (χ2v) is 4.92. The third-order valence-electron chi connectivity index (χ3n) is 2.62. The largest absolute Gasteiger partial charge is 0.380 e. The highest BCUT2D eigenvalue weighted by Crippen LogP contribution is 2.17. The summed E-state index contributed by atoms with van der Waals surface area (Å²) >= 11 is 3.36. The Morgan fingerprint density at radius 1 is 1.18 bits per heavy atom. The van der Waals surface area contributed by atoms with Crippen molar-refractivity contribution in [3.63, 3.8) is 0 Å². The summed E-state index contributed by atoms with van der Waals surface area (Å²) in [6, 6.07) is 12.5. The molecule has 0 atom stereocenters. The fourth-order valence-electron chi connectivity index (χ4n) is 1.74. The van der Waals surface area contributed by atoms with Crippen LogP contribution in [0.2, 0.25) is 0 Å². The molecule has 0 fully saturated rings. The van der Waals surface area contributed by atoms with Gasteiger partial charge in [0.05, 0.1) is 11.4 Å². The lowest BCUT2D eigenvalue weighted by Crippen LogP contribution is -2.02. The minimum Gasteiger partial charge on any atom is -0.380 e. The van der Waals surface area contributed by atoms with Gasteiger partial charge in [0.2, 0.25) is 0 Å². The maximum atomic E-state index is 4.36. The molecule has 0 amide bonds. The summed E-state index contributed by atoms with van der Waals surface area (Å²) in [5, 5.41) is 3.40. The molecule has 1 heterocycles. The number of hydrogen-bond acceptors (Lipinski definition) is 2. The number of rotatable bonds is 3. The van der Waals surface area contributed by atoms with Crippen LogP contribution in [-0.4, -0.2) is 4.98 Å². The van der Waals surface area contributed by atoms with Gasteiger partial charge in [-0.15, -0.1) is 0 Å². The van der Waals surface area contributed by atoms with Crippen molar-refractivity contribution in [1.82, 2.24) is 4.98 Å². The van der Waals surface area contributed by atoms with E-state index >= 15 is 0 Å². The molecular formula is C14H15BrN2. The minimum atomic E-state index is 0.825. The van der Waals surface area contributed by atoms with Gasteiger partial charge in [0.15, 0.2) is 0 Å². The van der Waals surface area contributed by atoms with E-state index < -0.39 is 0 Å². The summed E-state index contributed by atoms with van der Waals surface area (Å²) in [5.74, 6) is 0. The molecule has 1 aromatic carbocycles. The fourth-order valence-corrected chi connectivity index (χ4v) is 2.13.